The van der Waals surface area contributed by atoms with Crippen molar-refractivity contribution < 1.29 is 13.2 Å². The highest BCUT2D eigenvalue weighted by molar-refractivity contribution is 7.89. The third-order valence-corrected chi connectivity index (χ3v) is 8.78. The zero-order chi connectivity index (χ0) is 25.1. The van der Waals surface area contributed by atoms with Crippen molar-refractivity contribution in [1.29, 1.82) is 0 Å². The molecule has 0 aliphatic carbocycles. The summed E-state index contributed by atoms with van der Waals surface area (Å²) in [7, 11) is -3.61. The number of aryl methyl sites for hydroxylation is 1. The van der Waals surface area contributed by atoms with Crippen molar-refractivity contribution in [3.05, 3.63) is 71.5 Å². The fourth-order valence-corrected chi connectivity index (χ4v) is 6.41. The van der Waals surface area contributed by atoms with E-state index in [0.29, 0.717) is 31.2 Å². The van der Waals surface area contributed by atoms with Crippen LogP contribution in [0.1, 0.15) is 29.8 Å². The summed E-state index contributed by atoms with van der Waals surface area (Å²) in [5, 5.41) is 4.43. The summed E-state index contributed by atoms with van der Waals surface area (Å²) < 4.78 is 36.0. The molecule has 0 atom stereocenters. The number of ether oxygens (including phenoxy) is 1. The van der Waals surface area contributed by atoms with E-state index in [0.717, 1.165) is 59.9 Å². The van der Waals surface area contributed by atoms with E-state index in [1.54, 1.807) is 6.07 Å². The minimum atomic E-state index is -3.61. The van der Waals surface area contributed by atoms with E-state index in [4.69, 9.17) is 4.74 Å². The lowest BCUT2D eigenvalue weighted by Gasteiger charge is -2.28. The molecule has 2 saturated heterocycles. The quantitative estimate of drug-likeness (QED) is 0.384. The molecule has 1 N–H and O–H groups in total. The summed E-state index contributed by atoms with van der Waals surface area (Å²) in [6.45, 7) is 7.64. The first kappa shape index (κ1) is 24.5. The molecule has 2 aromatic carbocycles. The molecule has 0 spiro atoms. The molecule has 5 rings (SSSR count). The molecule has 0 unspecified atom stereocenters. The highest BCUT2D eigenvalue weighted by atomic mass is 32.2. The fourth-order valence-electron chi connectivity index (χ4n) is 4.98. The normalized spacial score (nSPS) is 17.2. The predicted molar refractivity (Wildman–Crippen MR) is 144 cm³/mol. The van der Waals surface area contributed by atoms with Crippen molar-refractivity contribution in [3.8, 4) is 5.69 Å². The third-order valence-electron chi connectivity index (χ3n) is 6.88. The summed E-state index contributed by atoms with van der Waals surface area (Å²) in [6, 6.07) is 17.5. The van der Waals surface area contributed by atoms with Crippen LogP contribution in [0, 0.1) is 13.8 Å². The molecule has 3 heterocycles. The first-order chi connectivity index (χ1) is 17.4. The summed E-state index contributed by atoms with van der Waals surface area (Å²) in [6.07, 6.45) is 4.09. The molecular formula is C27H33N5O3S. The Morgan fingerprint density at radius 3 is 2.36 bits per heavy atom. The Balaban J connectivity index is 1.53. The Bertz CT molecular complexity index is 1340. The van der Waals surface area contributed by atoms with E-state index in [1.807, 2.05) is 62.5 Å². The maximum absolute atomic E-state index is 13.5. The second-order valence-electron chi connectivity index (χ2n) is 9.26. The number of hydrazone groups is 1. The van der Waals surface area contributed by atoms with Gasteiger partial charge in [-0.15, -0.1) is 0 Å². The highest BCUT2D eigenvalue weighted by Gasteiger charge is 2.28. The van der Waals surface area contributed by atoms with Crippen LogP contribution in [0.5, 0.6) is 0 Å². The molecule has 9 heteroatoms. The summed E-state index contributed by atoms with van der Waals surface area (Å²) in [5.74, 6) is 0. The first-order valence-electron chi connectivity index (χ1n) is 12.5. The number of hydrogen-bond acceptors (Lipinski definition) is 6. The summed E-state index contributed by atoms with van der Waals surface area (Å²) in [5.41, 5.74) is 8.93. The van der Waals surface area contributed by atoms with E-state index in [2.05, 4.69) is 26.1 Å². The van der Waals surface area contributed by atoms with Crippen LogP contribution >= 0.6 is 0 Å². The molecule has 0 radical (unpaired) electrons. The molecule has 2 aliphatic rings. The Kier molecular flexibility index (Phi) is 7.13. The molecular weight excluding hydrogens is 474 g/mol. The average molecular weight is 508 g/mol. The van der Waals surface area contributed by atoms with Crippen LogP contribution < -0.4 is 10.3 Å². The third kappa shape index (κ3) is 4.91. The average Bonchev–Trinajstić information content (AvgIpc) is 3.53. The number of nitrogens with one attached hydrogen (secondary N) is 1. The molecule has 2 aliphatic heterocycles. The van der Waals surface area contributed by atoms with Gasteiger partial charge in [0.25, 0.3) is 0 Å². The molecule has 0 amide bonds. The van der Waals surface area contributed by atoms with E-state index in [1.165, 1.54) is 4.31 Å². The smallest absolute Gasteiger partial charge is 0.243 e. The maximum Gasteiger partial charge on any atom is 0.243 e. The van der Waals surface area contributed by atoms with Crippen LogP contribution in [0.3, 0.4) is 0 Å². The van der Waals surface area contributed by atoms with Gasteiger partial charge in [0.2, 0.25) is 10.0 Å². The number of sulfonamides is 1. The van der Waals surface area contributed by atoms with Crippen LogP contribution in [0.15, 0.2) is 64.6 Å². The number of anilines is 2. The first-order valence-corrected chi connectivity index (χ1v) is 13.9. The number of nitrogens with zero attached hydrogens (tertiary/aromatic N) is 4. The number of rotatable bonds is 7. The molecule has 2 fully saturated rings. The molecule has 0 saturated carbocycles. The molecule has 1 aromatic heterocycles. The largest absolute Gasteiger partial charge is 0.379 e. The molecule has 0 bridgehead atoms. The lowest BCUT2D eigenvalue weighted by atomic mass is 10.2. The minimum absolute atomic E-state index is 0.316. The van der Waals surface area contributed by atoms with Crippen molar-refractivity contribution in [1.82, 2.24) is 8.87 Å². The zero-order valence-electron chi connectivity index (χ0n) is 20.9. The standard InChI is InChI=1S/C27H33N5O3S/c1-21-18-23(20-28-29-24-8-4-3-5-9-24)22(2)32(21)27-19-25(10-11-26(27)30-12-6-7-13-30)36(33,34)31-14-16-35-17-15-31/h3-5,8-11,18-20,29H,6-7,12-17H2,1-2H3/b28-20+. The highest BCUT2D eigenvalue weighted by Crippen LogP contribution is 2.34. The Labute approximate surface area is 213 Å². The zero-order valence-corrected chi connectivity index (χ0v) is 21.7. The van der Waals surface area contributed by atoms with Crippen LogP contribution in [0.2, 0.25) is 0 Å². The number of para-hydroxylation sites is 1. The van der Waals surface area contributed by atoms with E-state index in [-0.39, 0.29) is 0 Å². The van der Waals surface area contributed by atoms with Crippen molar-refractivity contribution in [2.24, 2.45) is 5.10 Å². The van der Waals surface area contributed by atoms with Crippen molar-refractivity contribution in [3.63, 3.8) is 0 Å². The van der Waals surface area contributed by atoms with Crippen molar-refractivity contribution >= 4 is 27.6 Å². The van der Waals surface area contributed by atoms with Gasteiger partial charge < -0.3 is 14.2 Å². The van der Waals surface area contributed by atoms with Crippen LogP contribution in [0.25, 0.3) is 5.69 Å². The molecule has 8 nitrogen and oxygen atoms in total. The Morgan fingerprint density at radius 1 is 0.917 bits per heavy atom. The van der Waals surface area contributed by atoms with Gasteiger partial charge >= 0.3 is 0 Å². The van der Waals surface area contributed by atoms with Gasteiger partial charge in [-0.05, 0) is 63.1 Å². The van der Waals surface area contributed by atoms with Crippen LogP contribution in [0.4, 0.5) is 11.4 Å². The van der Waals surface area contributed by atoms with Gasteiger partial charge in [-0.2, -0.15) is 9.41 Å². The van der Waals surface area contributed by atoms with Gasteiger partial charge in [-0.1, -0.05) is 18.2 Å². The second kappa shape index (κ2) is 10.5. The van der Waals surface area contributed by atoms with E-state index < -0.39 is 10.0 Å². The number of benzene rings is 2. The lowest BCUT2D eigenvalue weighted by Crippen LogP contribution is -2.40. The van der Waals surface area contributed by atoms with Gasteiger partial charge in [0.1, 0.15) is 0 Å². The second-order valence-corrected chi connectivity index (χ2v) is 11.2. The van der Waals surface area contributed by atoms with Crippen LogP contribution in [-0.4, -0.2) is 62.9 Å². The number of hydrogen-bond donors (Lipinski definition) is 1. The summed E-state index contributed by atoms with van der Waals surface area (Å²) in [4.78, 5) is 2.67. The maximum atomic E-state index is 13.5. The van der Waals surface area contributed by atoms with Crippen LogP contribution in [-0.2, 0) is 14.8 Å². The van der Waals surface area contributed by atoms with Gasteiger partial charge in [-0.3, -0.25) is 5.43 Å². The minimum Gasteiger partial charge on any atom is -0.379 e. The monoisotopic (exact) mass is 507 g/mol. The molecule has 36 heavy (non-hydrogen) atoms. The van der Waals surface area contributed by atoms with Gasteiger partial charge in [-0.25, -0.2) is 8.42 Å². The van der Waals surface area contributed by atoms with Crippen molar-refractivity contribution in [2.45, 2.75) is 31.6 Å². The van der Waals surface area contributed by atoms with Crippen molar-refractivity contribution in [2.75, 3.05) is 49.7 Å². The molecule has 190 valence electrons. The van der Waals surface area contributed by atoms with Gasteiger partial charge in [0.05, 0.1) is 41.4 Å². The lowest BCUT2D eigenvalue weighted by molar-refractivity contribution is 0.0730. The van der Waals surface area contributed by atoms with Gasteiger partial charge in [0.15, 0.2) is 0 Å². The topological polar surface area (TPSA) is 79.2 Å². The van der Waals surface area contributed by atoms with Gasteiger partial charge in [0, 0.05) is 43.1 Å². The predicted octanol–water partition coefficient (Wildman–Crippen LogP) is 4.16. The summed E-state index contributed by atoms with van der Waals surface area (Å²) >= 11 is 0. The number of morpholine rings is 1. The Hall–Kier alpha value is -3.14. The Morgan fingerprint density at radius 2 is 1.64 bits per heavy atom. The van der Waals surface area contributed by atoms with E-state index in [9.17, 15) is 8.42 Å². The number of aromatic nitrogens is 1. The molecule has 3 aromatic rings. The fraction of sp³-hybridized carbons (Fsp3) is 0.370. The SMILES string of the molecule is Cc1cc(/C=N/Nc2ccccc2)c(C)n1-c1cc(S(=O)(=O)N2CCOCC2)ccc1N1CCCC1. The van der Waals surface area contributed by atoms with E-state index >= 15 is 0 Å².